The van der Waals surface area contributed by atoms with Gasteiger partial charge in [0.05, 0.1) is 10.5 Å². The highest BCUT2D eigenvalue weighted by molar-refractivity contribution is 7.14. The number of aryl methyl sites for hydroxylation is 2. The first-order valence-electron chi connectivity index (χ1n) is 6.29. The number of carbonyl (C=O) groups is 1. The van der Waals surface area contributed by atoms with Gasteiger partial charge in [0.25, 0.3) is 5.91 Å². The first-order chi connectivity index (χ1) is 8.21. The molecule has 1 rings (SSSR count). The molecule has 1 aromatic rings. The van der Waals surface area contributed by atoms with E-state index >= 15 is 0 Å². The van der Waals surface area contributed by atoms with Crippen LogP contribution in [-0.2, 0) is 0 Å². The van der Waals surface area contributed by atoms with E-state index in [9.17, 15) is 9.90 Å². The van der Waals surface area contributed by atoms with Crippen LogP contribution in [0.2, 0.25) is 0 Å². The second-order valence-corrected chi connectivity index (χ2v) is 6.88. The normalized spacial score (nSPS) is 14.6. The summed E-state index contributed by atoms with van der Waals surface area (Å²) in [5, 5.41) is 12.9. The van der Waals surface area contributed by atoms with Gasteiger partial charge in [0.15, 0.2) is 0 Å². The molecule has 1 heterocycles. The Morgan fingerprint density at radius 1 is 1.50 bits per heavy atom. The Labute approximate surface area is 113 Å². The average molecular weight is 269 g/mol. The van der Waals surface area contributed by atoms with E-state index in [1.165, 1.54) is 11.3 Å². The van der Waals surface area contributed by atoms with Crippen LogP contribution in [0.5, 0.6) is 0 Å². The summed E-state index contributed by atoms with van der Waals surface area (Å²) in [7, 11) is 0. The number of aliphatic hydroxyl groups is 1. The first kappa shape index (κ1) is 15.2. The Kier molecular flexibility index (Phi) is 4.93. The van der Waals surface area contributed by atoms with E-state index in [1.807, 2.05) is 19.9 Å². The molecule has 0 bridgehead atoms. The van der Waals surface area contributed by atoms with Crippen LogP contribution in [-0.4, -0.2) is 23.2 Å². The Morgan fingerprint density at radius 2 is 2.11 bits per heavy atom. The van der Waals surface area contributed by atoms with Gasteiger partial charge in [-0.2, -0.15) is 0 Å². The zero-order valence-corrected chi connectivity index (χ0v) is 12.6. The molecule has 4 heteroatoms. The molecule has 1 aromatic heterocycles. The lowest BCUT2D eigenvalue weighted by Crippen LogP contribution is -2.41. The van der Waals surface area contributed by atoms with Crippen molar-refractivity contribution in [3.8, 4) is 0 Å². The number of thiophene rings is 1. The quantitative estimate of drug-likeness (QED) is 0.863. The summed E-state index contributed by atoms with van der Waals surface area (Å²) in [6.07, 6.45) is 0.676. The van der Waals surface area contributed by atoms with Crippen LogP contribution in [0.3, 0.4) is 0 Å². The fraction of sp³-hybridized carbons (Fsp3) is 0.643. The SMILES string of the molecule is Cc1cc(C(=O)NCC(C)(O)CC(C)C)sc1C. The van der Waals surface area contributed by atoms with Gasteiger partial charge in [0.2, 0.25) is 0 Å². The van der Waals surface area contributed by atoms with Gasteiger partial charge in [0, 0.05) is 11.4 Å². The number of nitrogens with one attached hydrogen (secondary N) is 1. The Bertz CT molecular complexity index is 402. The molecule has 0 fully saturated rings. The zero-order valence-electron chi connectivity index (χ0n) is 11.8. The molecule has 102 valence electrons. The summed E-state index contributed by atoms with van der Waals surface area (Å²) in [6.45, 7) is 10.2. The van der Waals surface area contributed by atoms with E-state index in [2.05, 4.69) is 19.2 Å². The molecule has 1 atom stereocenters. The van der Waals surface area contributed by atoms with Crippen LogP contribution in [0.15, 0.2) is 6.07 Å². The van der Waals surface area contributed by atoms with Crippen molar-refractivity contribution < 1.29 is 9.90 Å². The molecule has 2 N–H and O–H groups in total. The van der Waals surface area contributed by atoms with E-state index < -0.39 is 5.60 Å². The molecule has 0 aliphatic rings. The average Bonchev–Trinajstić information content (AvgIpc) is 2.54. The number of carbonyl (C=O) groups excluding carboxylic acids is 1. The van der Waals surface area contributed by atoms with E-state index in [1.54, 1.807) is 6.92 Å². The van der Waals surface area contributed by atoms with Crippen molar-refractivity contribution in [1.29, 1.82) is 0 Å². The topological polar surface area (TPSA) is 49.3 Å². The Balaban J connectivity index is 2.56. The summed E-state index contributed by atoms with van der Waals surface area (Å²) in [6, 6.07) is 1.90. The van der Waals surface area contributed by atoms with Gasteiger partial charge in [-0.05, 0) is 44.7 Å². The van der Waals surface area contributed by atoms with Gasteiger partial charge in [-0.25, -0.2) is 0 Å². The van der Waals surface area contributed by atoms with Crippen LogP contribution in [0.4, 0.5) is 0 Å². The lowest BCUT2D eigenvalue weighted by molar-refractivity contribution is 0.0369. The fourth-order valence-corrected chi connectivity index (χ4v) is 2.94. The van der Waals surface area contributed by atoms with Crippen LogP contribution >= 0.6 is 11.3 Å². The number of hydrogen-bond acceptors (Lipinski definition) is 3. The van der Waals surface area contributed by atoms with Gasteiger partial charge >= 0.3 is 0 Å². The van der Waals surface area contributed by atoms with Gasteiger partial charge in [-0.15, -0.1) is 11.3 Å². The molecule has 0 spiro atoms. The van der Waals surface area contributed by atoms with Crippen molar-refractivity contribution in [3.05, 3.63) is 21.4 Å². The van der Waals surface area contributed by atoms with Crippen LogP contribution in [0.1, 0.15) is 47.3 Å². The largest absolute Gasteiger partial charge is 0.388 e. The van der Waals surface area contributed by atoms with Crippen molar-refractivity contribution in [3.63, 3.8) is 0 Å². The summed E-state index contributed by atoms with van der Waals surface area (Å²) >= 11 is 1.49. The second-order valence-electron chi connectivity index (χ2n) is 5.63. The zero-order chi connectivity index (χ0) is 13.9. The van der Waals surface area contributed by atoms with Crippen molar-refractivity contribution in [1.82, 2.24) is 5.32 Å². The molecule has 0 aliphatic heterocycles. The highest BCUT2D eigenvalue weighted by atomic mass is 32.1. The van der Waals surface area contributed by atoms with E-state index in [0.717, 1.165) is 10.4 Å². The molecule has 0 radical (unpaired) electrons. The Morgan fingerprint density at radius 3 is 2.56 bits per heavy atom. The molecular formula is C14H23NO2S. The molecule has 18 heavy (non-hydrogen) atoms. The van der Waals surface area contributed by atoms with Gasteiger partial charge in [0.1, 0.15) is 0 Å². The molecule has 3 nitrogen and oxygen atoms in total. The first-order valence-corrected chi connectivity index (χ1v) is 7.10. The van der Waals surface area contributed by atoms with Gasteiger partial charge in [-0.3, -0.25) is 4.79 Å². The van der Waals surface area contributed by atoms with Gasteiger partial charge < -0.3 is 10.4 Å². The second kappa shape index (κ2) is 5.85. The summed E-state index contributed by atoms with van der Waals surface area (Å²) in [4.78, 5) is 13.8. The maximum Gasteiger partial charge on any atom is 0.261 e. The predicted octanol–water partition coefficient (Wildman–Crippen LogP) is 2.89. The number of amides is 1. The Hall–Kier alpha value is -0.870. The monoisotopic (exact) mass is 269 g/mol. The molecule has 0 aliphatic carbocycles. The van der Waals surface area contributed by atoms with Crippen molar-refractivity contribution in [2.75, 3.05) is 6.54 Å². The van der Waals surface area contributed by atoms with Gasteiger partial charge in [-0.1, -0.05) is 13.8 Å². The highest BCUT2D eigenvalue weighted by Crippen LogP contribution is 2.21. The third-order valence-corrected chi connectivity index (χ3v) is 4.02. The van der Waals surface area contributed by atoms with Crippen LogP contribution < -0.4 is 5.32 Å². The standard InChI is InChI=1S/C14H23NO2S/c1-9(2)7-14(5,17)8-15-13(16)12-6-10(3)11(4)18-12/h6,9,17H,7-8H2,1-5H3,(H,15,16). The minimum absolute atomic E-state index is 0.0970. The van der Waals surface area contributed by atoms with E-state index in [0.29, 0.717) is 23.8 Å². The van der Waals surface area contributed by atoms with E-state index in [-0.39, 0.29) is 5.91 Å². The minimum Gasteiger partial charge on any atom is -0.388 e. The maximum absolute atomic E-state index is 11.9. The number of rotatable bonds is 5. The van der Waals surface area contributed by atoms with Crippen molar-refractivity contribution >= 4 is 17.2 Å². The van der Waals surface area contributed by atoms with Crippen LogP contribution in [0.25, 0.3) is 0 Å². The summed E-state index contributed by atoms with van der Waals surface area (Å²) in [5.74, 6) is 0.309. The third-order valence-electron chi connectivity index (χ3n) is 2.87. The summed E-state index contributed by atoms with van der Waals surface area (Å²) < 4.78 is 0. The smallest absolute Gasteiger partial charge is 0.261 e. The number of hydrogen-bond donors (Lipinski definition) is 2. The molecule has 0 saturated heterocycles. The minimum atomic E-state index is -0.842. The molecule has 0 aromatic carbocycles. The predicted molar refractivity (Wildman–Crippen MR) is 76.2 cm³/mol. The fourth-order valence-electron chi connectivity index (χ4n) is 1.99. The highest BCUT2D eigenvalue weighted by Gasteiger charge is 2.23. The molecule has 1 amide bonds. The van der Waals surface area contributed by atoms with Crippen molar-refractivity contribution in [2.45, 2.75) is 46.6 Å². The lowest BCUT2D eigenvalue weighted by atomic mass is 9.94. The lowest BCUT2D eigenvalue weighted by Gasteiger charge is -2.25. The van der Waals surface area contributed by atoms with Crippen molar-refractivity contribution in [2.24, 2.45) is 5.92 Å². The molecule has 1 unspecified atom stereocenters. The van der Waals surface area contributed by atoms with Crippen LogP contribution in [0, 0.1) is 19.8 Å². The molecule has 0 saturated carbocycles. The van der Waals surface area contributed by atoms with E-state index in [4.69, 9.17) is 0 Å². The summed E-state index contributed by atoms with van der Waals surface area (Å²) in [5.41, 5.74) is 0.296. The molecular weight excluding hydrogens is 246 g/mol. The third kappa shape index (κ3) is 4.42. The maximum atomic E-state index is 11.9.